The molecule has 0 radical (unpaired) electrons. The van der Waals surface area contributed by atoms with Gasteiger partial charge in [0.2, 0.25) is 0 Å². The van der Waals surface area contributed by atoms with Crippen LogP contribution in [0.2, 0.25) is 0 Å². The topological polar surface area (TPSA) is 91.2 Å². The lowest BCUT2D eigenvalue weighted by Crippen LogP contribution is -2.43. The molecule has 9 heteroatoms. The lowest BCUT2D eigenvalue weighted by atomic mass is 9.72. The van der Waals surface area contributed by atoms with Crippen LogP contribution in [0.25, 0.3) is 22.0 Å². The second-order valence-corrected chi connectivity index (χ2v) is 7.70. The highest BCUT2D eigenvalue weighted by Crippen LogP contribution is 2.39. The number of nitrogens with one attached hydrogen (secondary N) is 1. The Kier molecular flexibility index (Phi) is 4.57. The minimum absolute atomic E-state index is 0.156. The van der Waals surface area contributed by atoms with Gasteiger partial charge in [-0.2, -0.15) is 13.2 Å². The van der Waals surface area contributed by atoms with Crippen LogP contribution in [0.15, 0.2) is 36.7 Å². The Balaban J connectivity index is 1.67. The largest absolute Gasteiger partial charge is 0.507 e. The zero-order chi connectivity index (χ0) is 20.8. The molecule has 6 nitrogen and oxygen atoms in total. The molecule has 0 unspecified atom stereocenters. The molecule has 1 fully saturated rings. The van der Waals surface area contributed by atoms with E-state index in [-0.39, 0.29) is 11.3 Å². The van der Waals surface area contributed by atoms with Crippen molar-refractivity contribution in [2.75, 3.05) is 11.9 Å². The van der Waals surface area contributed by atoms with E-state index in [9.17, 15) is 23.4 Å². The van der Waals surface area contributed by atoms with Gasteiger partial charge < -0.3 is 15.5 Å². The van der Waals surface area contributed by atoms with Crippen LogP contribution >= 0.6 is 0 Å². The Morgan fingerprint density at radius 2 is 1.93 bits per heavy atom. The summed E-state index contributed by atoms with van der Waals surface area (Å²) in [6.45, 7) is 2.41. The molecule has 3 N–H and O–H groups in total. The molecule has 1 aliphatic carbocycles. The van der Waals surface area contributed by atoms with Gasteiger partial charge in [-0.1, -0.05) is 0 Å². The van der Waals surface area contributed by atoms with Crippen molar-refractivity contribution in [3.8, 4) is 17.0 Å². The minimum Gasteiger partial charge on any atom is -0.507 e. The number of aliphatic hydroxyl groups is 1. The van der Waals surface area contributed by atoms with Crippen LogP contribution in [0.5, 0.6) is 5.75 Å². The molecule has 2 heterocycles. The van der Waals surface area contributed by atoms with E-state index >= 15 is 0 Å². The fourth-order valence-corrected chi connectivity index (χ4v) is 3.80. The highest BCUT2D eigenvalue weighted by Gasteiger charge is 2.38. The van der Waals surface area contributed by atoms with Crippen LogP contribution in [-0.2, 0) is 6.18 Å². The zero-order valence-corrected chi connectivity index (χ0v) is 15.5. The Morgan fingerprint density at radius 1 is 1.17 bits per heavy atom. The predicted molar refractivity (Wildman–Crippen MR) is 101 cm³/mol. The molecule has 1 aromatic carbocycles. The molecule has 2 aromatic heterocycles. The van der Waals surface area contributed by atoms with Crippen molar-refractivity contribution in [2.45, 2.75) is 31.5 Å². The van der Waals surface area contributed by atoms with Gasteiger partial charge in [-0.15, -0.1) is 10.2 Å². The van der Waals surface area contributed by atoms with Gasteiger partial charge in [-0.25, -0.2) is 0 Å². The van der Waals surface area contributed by atoms with E-state index in [4.69, 9.17) is 0 Å². The molecular formula is C20H19F3N4O2. The summed E-state index contributed by atoms with van der Waals surface area (Å²) < 4.78 is 38.6. The molecule has 4 rings (SSSR count). The SMILES string of the molecule is C[C@]1(O)C[C@H](CNc2nnc(-c3ccc(C(F)(F)F)cc3O)c3ccncc23)C1. The fraction of sp³-hybridized carbons (Fsp3) is 0.350. The summed E-state index contributed by atoms with van der Waals surface area (Å²) in [4.78, 5) is 4.10. The number of benzene rings is 1. The predicted octanol–water partition coefficient (Wildman–Crippen LogP) is 3.99. The maximum Gasteiger partial charge on any atom is 0.416 e. The zero-order valence-electron chi connectivity index (χ0n) is 15.5. The number of phenolic OH excluding ortho intramolecular Hbond substituents is 1. The Labute approximate surface area is 164 Å². The van der Waals surface area contributed by atoms with E-state index in [0.717, 1.165) is 6.07 Å². The van der Waals surface area contributed by atoms with E-state index in [1.807, 2.05) is 0 Å². The van der Waals surface area contributed by atoms with Gasteiger partial charge in [-0.3, -0.25) is 4.98 Å². The third-order valence-corrected chi connectivity index (χ3v) is 5.18. The quantitative estimate of drug-likeness (QED) is 0.609. The number of fused-ring (bicyclic) bond motifs is 1. The average molecular weight is 404 g/mol. The monoisotopic (exact) mass is 404 g/mol. The Hall–Kier alpha value is -2.94. The van der Waals surface area contributed by atoms with Crippen LogP contribution in [0.4, 0.5) is 19.0 Å². The van der Waals surface area contributed by atoms with Crippen LogP contribution in [-0.4, -0.2) is 37.5 Å². The molecule has 1 aliphatic rings. The smallest absolute Gasteiger partial charge is 0.416 e. The number of hydrogen-bond donors (Lipinski definition) is 3. The summed E-state index contributed by atoms with van der Waals surface area (Å²) in [5, 5.41) is 32.8. The molecule has 0 saturated heterocycles. The highest BCUT2D eigenvalue weighted by atomic mass is 19.4. The number of nitrogens with zero attached hydrogens (tertiary/aromatic N) is 3. The number of phenols is 1. The van der Waals surface area contributed by atoms with Crippen molar-refractivity contribution >= 4 is 16.6 Å². The number of rotatable bonds is 4. The fourth-order valence-electron chi connectivity index (χ4n) is 3.80. The van der Waals surface area contributed by atoms with Gasteiger partial charge in [0.15, 0.2) is 5.82 Å². The van der Waals surface area contributed by atoms with Gasteiger partial charge in [0, 0.05) is 35.3 Å². The van der Waals surface area contributed by atoms with Gasteiger partial charge in [0.1, 0.15) is 11.4 Å². The van der Waals surface area contributed by atoms with Crippen LogP contribution in [0.3, 0.4) is 0 Å². The van der Waals surface area contributed by atoms with Gasteiger partial charge in [0.05, 0.1) is 11.2 Å². The second-order valence-electron chi connectivity index (χ2n) is 7.70. The van der Waals surface area contributed by atoms with Gasteiger partial charge >= 0.3 is 6.18 Å². The summed E-state index contributed by atoms with van der Waals surface area (Å²) in [5.74, 6) is 0.289. The molecule has 0 bridgehead atoms. The molecule has 0 amide bonds. The third-order valence-electron chi connectivity index (χ3n) is 5.18. The molecule has 152 valence electrons. The third kappa shape index (κ3) is 3.82. The first-order chi connectivity index (χ1) is 13.6. The van der Waals surface area contributed by atoms with E-state index in [1.165, 1.54) is 6.07 Å². The summed E-state index contributed by atoms with van der Waals surface area (Å²) >= 11 is 0. The van der Waals surface area contributed by atoms with Crippen molar-refractivity contribution in [2.24, 2.45) is 5.92 Å². The number of aromatic hydroxyl groups is 1. The van der Waals surface area contributed by atoms with Gasteiger partial charge in [-0.05, 0) is 49.9 Å². The molecular weight excluding hydrogens is 385 g/mol. The normalized spacial score (nSPS) is 21.8. The standard InChI is InChI=1S/C20H19F3N4O2/c1-19(29)7-11(8-19)9-25-18-15-10-24-5-4-13(15)17(26-27-18)14-3-2-12(6-16(14)28)20(21,22)23/h2-6,10-11,28-29H,7-9H2,1H3,(H,25,27)/t11-,19-. The van der Waals surface area contributed by atoms with E-state index in [1.54, 1.807) is 25.4 Å². The molecule has 1 saturated carbocycles. The number of alkyl halides is 3. The lowest BCUT2D eigenvalue weighted by Gasteiger charge is -2.41. The summed E-state index contributed by atoms with van der Waals surface area (Å²) in [7, 11) is 0. The lowest BCUT2D eigenvalue weighted by molar-refractivity contribution is -0.137. The van der Waals surface area contributed by atoms with Crippen molar-refractivity contribution in [3.63, 3.8) is 0 Å². The maximum absolute atomic E-state index is 12.9. The van der Waals surface area contributed by atoms with Crippen LogP contribution in [0.1, 0.15) is 25.3 Å². The molecule has 0 spiro atoms. The molecule has 0 atom stereocenters. The second kappa shape index (κ2) is 6.84. The van der Waals surface area contributed by atoms with Gasteiger partial charge in [0.25, 0.3) is 0 Å². The number of halogens is 3. The van der Waals surface area contributed by atoms with Crippen molar-refractivity contribution < 1.29 is 23.4 Å². The Morgan fingerprint density at radius 3 is 2.59 bits per heavy atom. The van der Waals surface area contributed by atoms with Crippen molar-refractivity contribution in [1.82, 2.24) is 15.2 Å². The summed E-state index contributed by atoms with van der Waals surface area (Å²) in [6.07, 6.45) is -0.0225. The Bertz CT molecular complexity index is 1060. The summed E-state index contributed by atoms with van der Waals surface area (Å²) in [6, 6.07) is 4.44. The minimum atomic E-state index is -4.55. The maximum atomic E-state index is 12.9. The number of pyridine rings is 1. The average Bonchev–Trinajstić information content (AvgIpc) is 2.64. The molecule has 0 aliphatic heterocycles. The van der Waals surface area contributed by atoms with Crippen molar-refractivity contribution in [1.29, 1.82) is 0 Å². The van der Waals surface area contributed by atoms with E-state index < -0.39 is 23.1 Å². The van der Waals surface area contributed by atoms with Crippen molar-refractivity contribution in [3.05, 3.63) is 42.2 Å². The van der Waals surface area contributed by atoms with E-state index in [2.05, 4.69) is 20.5 Å². The first-order valence-electron chi connectivity index (χ1n) is 9.11. The first-order valence-corrected chi connectivity index (χ1v) is 9.11. The summed E-state index contributed by atoms with van der Waals surface area (Å²) in [5.41, 5.74) is -1.13. The number of hydrogen-bond acceptors (Lipinski definition) is 6. The highest BCUT2D eigenvalue weighted by molar-refractivity contribution is 6.00. The number of anilines is 1. The van der Waals surface area contributed by atoms with E-state index in [0.29, 0.717) is 48.0 Å². The first kappa shape index (κ1) is 19.4. The van der Waals surface area contributed by atoms with Crippen LogP contribution in [0, 0.1) is 5.92 Å². The molecule has 3 aromatic rings. The van der Waals surface area contributed by atoms with Crippen LogP contribution < -0.4 is 5.32 Å². The number of aromatic nitrogens is 3. The molecule has 29 heavy (non-hydrogen) atoms.